The molecule has 4 nitrogen and oxygen atoms in total. The molecule has 3 N–H and O–H groups in total. The maximum absolute atomic E-state index is 11.6. The van der Waals surface area contributed by atoms with Crippen molar-refractivity contribution in [2.75, 3.05) is 13.2 Å². The van der Waals surface area contributed by atoms with E-state index < -0.39 is 0 Å². The predicted octanol–water partition coefficient (Wildman–Crippen LogP) is 3.02. The van der Waals surface area contributed by atoms with Crippen LogP contribution >= 0.6 is 15.9 Å². The van der Waals surface area contributed by atoms with Crippen LogP contribution in [-0.2, 0) is 11.2 Å². The van der Waals surface area contributed by atoms with Crippen LogP contribution in [0, 0.1) is 0 Å². The number of hydrogen-bond acceptors (Lipinski definition) is 3. The highest BCUT2D eigenvalue weighted by molar-refractivity contribution is 9.10. The van der Waals surface area contributed by atoms with Gasteiger partial charge in [0.2, 0.25) is 0 Å². The largest absolute Gasteiger partial charge is 0.484 e. The number of nitrogens with two attached hydrogens (primary N) is 1. The van der Waals surface area contributed by atoms with E-state index in [0.717, 1.165) is 35.7 Å². The zero-order chi connectivity index (χ0) is 15.7. The second kappa shape index (κ2) is 9.79. The number of nitrogens with one attached hydrogen (secondary N) is 1. The fraction of sp³-hybridized carbons (Fsp3) is 0.562. The van der Waals surface area contributed by atoms with E-state index in [9.17, 15) is 4.79 Å². The lowest BCUT2D eigenvalue weighted by molar-refractivity contribution is -0.123. The molecule has 21 heavy (non-hydrogen) atoms. The summed E-state index contributed by atoms with van der Waals surface area (Å²) >= 11 is 3.52. The van der Waals surface area contributed by atoms with Gasteiger partial charge in [-0.1, -0.05) is 36.2 Å². The van der Waals surface area contributed by atoms with Crippen molar-refractivity contribution >= 4 is 21.8 Å². The van der Waals surface area contributed by atoms with Crippen molar-refractivity contribution in [1.82, 2.24) is 5.32 Å². The van der Waals surface area contributed by atoms with E-state index in [1.165, 1.54) is 0 Å². The van der Waals surface area contributed by atoms with Gasteiger partial charge in [-0.15, -0.1) is 0 Å². The molecular formula is C16H25BrN2O2. The molecule has 0 spiro atoms. The van der Waals surface area contributed by atoms with Gasteiger partial charge in [0.15, 0.2) is 6.61 Å². The maximum atomic E-state index is 11.6. The van der Waals surface area contributed by atoms with Gasteiger partial charge in [0.25, 0.3) is 5.91 Å². The Morgan fingerprint density at radius 2 is 2.19 bits per heavy atom. The second-order valence-corrected chi connectivity index (χ2v) is 5.97. The lowest BCUT2D eigenvalue weighted by atomic mass is 10.0. The van der Waals surface area contributed by atoms with Gasteiger partial charge in [-0.05, 0) is 43.0 Å². The van der Waals surface area contributed by atoms with Crippen LogP contribution in [0.4, 0.5) is 0 Å². The fourth-order valence-electron chi connectivity index (χ4n) is 1.83. The van der Waals surface area contributed by atoms with Gasteiger partial charge in [0.05, 0.1) is 0 Å². The number of carbonyl (C=O) groups excluding carboxylic acids is 1. The zero-order valence-corrected chi connectivity index (χ0v) is 14.4. The number of halogens is 1. The van der Waals surface area contributed by atoms with Crippen LogP contribution < -0.4 is 15.8 Å². The first-order valence-electron chi connectivity index (χ1n) is 7.50. The van der Waals surface area contributed by atoms with Gasteiger partial charge >= 0.3 is 0 Å². The summed E-state index contributed by atoms with van der Waals surface area (Å²) in [5.41, 5.74) is 7.09. The third-order valence-electron chi connectivity index (χ3n) is 3.25. The first-order valence-corrected chi connectivity index (χ1v) is 8.29. The molecule has 0 radical (unpaired) electrons. The van der Waals surface area contributed by atoms with Gasteiger partial charge in [-0.3, -0.25) is 4.79 Å². The SMILES string of the molecule is CCCCNC(=O)COc1ccc(Br)c(CC(N)CC)c1. The molecule has 0 saturated carbocycles. The highest BCUT2D eigenvalue weighted by Gasteiger charge is 2.08. The van der Waals surface area contributed by atoms with E-state index >= 15 is 0 Å². The van der Waals surface area contributed by atoms with Crippen LogP contribution in [0.15, 0.2) is 22.7 Å². The minimum Gasteiger partial charge on any atom is -0.484 e. The highest BCUT2D eigenvalue weighted by Crippen LogP contribution is 2.24. The summed E-state index contributed by atoms with van der Waals surface area (Å²) in [6, 6.07) is 5.86. The minimum absolute atomic E-state index is 0.0462. The molecule has 0 aliphatic rings. The van der Waals surface area contributed by atoms with Gasteiger partial charge in [-0.25, -0.2) is 0 Å². The fourth-order valence-corrected chi connectivity index (χ4v) is 2.24. The molecular weight excluding hydrogens is 332 g/mol. The predicted molar refractivity (Wildman–Crippen MR) is 89.5 cm³/mol. The Kier molecular flexibility index (Phi) is 8.38. The molecule has 0 bridgehead atoms. The van der Waals surface area contributed by atoms with E-state index in [1.54, 1.807) is 0 Å². The summed E-state index contributed by atoms with van der Waals surface area (Å²) in [5.74, 6) is 0.611. The lowest BCUT2D eigenvalue weighted by Gasteiger charge is -2.13. The van der Waals surface area contributed by atoms with Crippen molar-refractivity contribution < 1.29 is 9.53 Å². The summed E-state index contributed by atoms with van der Waals surface area (Å²) in [5, 5.41) is 2.83. The van der Waals surface area contributed by atoms with Crippen molar-refractivity contribution in [1.29, 1.82) is 0 Å². The van der Waals surface area contributed by atoms with Crippen LogP contribution in [0.5, 0.6) is 5.75 Å². The maximum Gasteiger partial charge on any atom is 0.257 e. The molecule has 1 aromatic carbocycles. The average molecular weight is 357 g/mol. The van der Waals surface area contributed by atoms with E-state index in [0.29, 0.717) is 12.3 Å². The van der Waals surface area contributed by atoms with Crippen molar-refractivity contribution in [2.24, 2.45) is 5.73 Å². The number of benzene rings is 1. The Bertz CT molecular complexity index is 452. The van der Waals surface area contributed by atoms with Gasteiger partial charge < -0.3 is 15.8 Å². The molecule has 0 saturated heterocycles. The van der Waals surface area contributed by atoms with Crippen LogP contribution in [0.3, 0.4) is 0 Å². The summed E-state index contributed by atoms with van der Waals surface area (Å²) in [6.07, 6.45) is 3.77. The number of rotatable bonds is 9. The normalized spacial score (nSPS) is 12.0. The Labute approximate surface area is 135 Å². The number of amides is 1. The first kappa shape index (κ1) is 18.0. The second-order valence-electron chi connectivity index (χ2n) is 5.12. The number of carbonyl (C=O) groups is 1. The van der Waals surface area contributed by atoms with Crippen molar-refractivity contribution in [3.63, 3.8) is 0 Å². The summed E-state index contributed by atoms with van der Waals surface area (Å²) < 4.78 is 6.56. The number of ether oxygens (including phenoxy) is 1. The third-order valence-corrected chi connectivity index (χ3v) is 4.02. The zero-order valence-electron chi connectivity index (χ0n) is 12.8. The Balaban J connectivity index is 2.52. The van der Waals surface area contributed by atoms with Crippen LogP contribution in [0.1, 0.15) is 38.7 Å². The summed E-state index contributed by atoms with van der Waals surface area (Å²) in [6.45, 7) is 4.91. The lowest BCUT2D eigenvalue weighted by Crippen LogP contribution is -2.29. The Hall–Kier alpha value is -1.07. The van der Waals surface area contributed by atoms with Gasteiger partial charge in [0, 0.05) is 17.1 Å². The third kappa shape index (κ3) is 6.96. The summed E-state index contributed by atoms with van der Waals surface area (Å²) in [4.78, 5) is 11.6. The average Bonchev–Trinajstić information content (AvgIpc) is 2.48. The van der Waals surface area contributed by atoms with Crippen molar-refractivity contribution in [2.45, 2.75) is 45.6 Å². The van der Waals surface area contributed by atoms with E-state index in [1.807, 2.05) is 18.2 Å². The molecule has 0 aliphatic carbocycles. The van der Waals surface area contributed by atoms with Crippen molar-refractivity contribution in [3.05, 3.63) is 28.2 Å². The first-order chi connectivity index (χ1) is 10.1. The summed E-state index contributed by atoms with van der Waals surface area (Å²) in [7, 11) is 0. The molecule has 1 aromatic rings. The number of hydrogen-bond donors (Lipinski definition) is 2. The highest BCUT2D eigenvalue weighted by atomic mass is 79.9. The Morgan fingerprint density at radius 3 is 2.86 bits per heavy atom. The molecule has 1 rings (SSSR count). The molecule has 1 amide bonds. The molecule has 118 valence electrons. The molecule has 0 aliphatic heterocycles. The molecule has 1 atom stereocenters. The van der Waals surface area contributed by atoms with E-state index in [4.69, 9.17) is 10.5 Å². The molecule has 0 heterocycles. The molecule has 5 heteroatoms. The van der Waals surface area contributed by atoms with Crippen molar-refractivity contribution in [3.8, 4) is 5.75 Å². The molecule has 0 aromatic heterocycles. The van der Waals surface area contributed by atoms with E-state index in [2.05, 4.69) is 35.1 Å². The monoisotopic (exact) mass is 356 g/mol. The van der Waals surface area contributed by atoms with Crippen LogP contribution in [-0.4, -0.2) is 25.1 Å². The standard InChI is InChI=1S/C16H25BrN2O2/c1-3-5-8-19-16(20)11-21-14-6-7-15(17)12(10-14)9-13(18)4-2/h6-7,10,13H,3-5,8-9,11,18H2,1-2H3,(H,19,20). The van der Waals surface area contributed by atoms with Gasteiger partial charge in [0.1, 0.15) is 5.75 Å². The topological polar surface area (TPSA) is 64.3 Å². The van der Waals surface area contributed by atoms with E-state index in [-0.39, 0.29) is 18.6 Å². The molecule has 0 fully saturated rings. The minimum atomic E-state index is -0.0850. The molecule has 1 unspecified atom stereocenters. The van der Waals surface area contributed by atoms with Crippen LogP contribution in [0.2, 0.25) is 0 Å². The Morgan fingerprint density at radius 1 is 1.43 bits per heavy atom. The smallest absolute Gasteiger partial charge is 0.257 e. The van der Waals surface area contributed by atoms with Crippen LogP contribution in [0.25, 0.3) is 0 Å². The number of unbranched alkanes of at least 4 members (excludes halogenated alkanes) is 1. The quantitative estimate of drug-likeness (QED) is 0.668. The van der Waals surface area contributed by atoms with Gasteiger partial charge in [-0.2, -0.15) is 0 Å².